The zero-order valence-electron chi connectivity index (χ0n) is 15.2. The number of aromatic nitrogens is 1. The van der Waals surface area contributed by atoms with E-state index in [2.05, 4.69) is 16.0 Å². The predicted octanol–water partition coefficient (Wildman–Crippen LogP) is 2.89. The van der Waals surface area contributed by atoms with Crippen LogP contribution in [0.1, 0.15) is 28.0 Å². The number of hydrogen-bond donors (Lipinski definition) is 0. The Hall–Kier alpha value is -2.47. The number of carbonyl (C=O) groups is 1. The highest BCUT2D eigenvalue weighted by Crippen LogP contribution is 2.22. The molecule has 0 bridgehead atoms. The van der Waals surface area contributed by atoms with Gasteiger partial charge in [-0.1, -0.05) is 6.07 Å². The van der Waals surface area contributed by atoms with Crippen molar-refractivity contribution in [2.24, 2.45) is 0 Å². The van der Waals surface area contributed by atoms with Gasteiger partial charge in [0.25, 0.3) is 5.91 Å². The van der Waals surface area contributed by atoms with Gasteiger partial charge < -0.3 is 9.64 Å². The summed E-state index contributed by atoms with van der Waals surface area (Å²) in [6, 6.07) is 8.09. The third-order valence-corrected chi connectivity index (χ3v) is 4.78. The number of nitrogens with zero attached hydrogens (tertiary/aromatic N) is 3. The van der Waals surface area contributed by atoms with Crippen molar-refractivity contribution in [2.75, 3.05) is 33.3 Å². The number of pyridine rings is 1. The lowest BCUT2D eigenvalue weighted by molar-refractivity contribution is 0.0757. The van der Waals surface area contributed by atoms with Crippen molar-refractivity contribution < 1.29 is 13.9 Å². The second-order valence-electron chi connectivity index (χ2n) is 6.51. The van der Waals surface area contributed by atoms with Gasteiger partial charge in [0, 0.05) is 44.6 Å². The molecule has 0 aliphatic carbocycles. The first-order valence-electron chi connectivity index (χ1n) is 8.84. The molecule has 3 rings (SSSR count). The van der Waals surface area contributed by atoms with Crippen molar-refractivity contribution in [3.63, 3.8) is 0 Å². The van der Waals surface area contributed by atoms with Crippen molar-refractivity contribution in [3.8, 4) is 5.75 Å². The van der Waals surface area contributed by atoms with Crippen molar-refractivity contribution in [2.45, 2.75) is 19.9 Å². The van der Waals surface area contributed by atoms with E-state index in [0.717, 1.165) is 31.7 Å². The molecule has 0 spiro atoms. The fraction of sp³-hybridized carbons (Fsp3) is 0.400. The Bertz CT molecular complexity index is 781. The van der Waals surface area contributed by atoms with E-state index in [1.165, 1.54) is 30.9 Å². The highest BCUT2D eigenvalue weighted by atomic mass is 19.1. The lowest BCUT2D eigenvalue weighted by Crippen LogP contribution is -2.35. The average Bonchev–Trinajstić information content (AvgIpc) is 2.88. The lowest BCUT2D eigenvalue weighted by atomic mass is 10.1. The summed E-state index contributed by atoms with van der Waals surface area (Å²) in [5.41, 5.74) is 2.53. The first-order chi connectivity index (χ1) is 12.6. The van der Waals surface area contributed by atoms with E-state index in [0.29, 0.717) is 18.8 Å². The number of methoxy groups -OCH3 is 1. The molecule has 1 saturated heterocycles. The summed E-state index contributed by atoms with van der Waals surface area (Å²) >= 11 is 0. The van der Waals surface area contributed by atoms with Crippen LogP contribution < -0.4 is 4.74 Å². The Balaban J connectivity index is 1.68. The van der Waals surface area contributed by atoms with E-state index < -0.39 is 5.82 Å². The molecule has 1 aromatic heterocycles. The van der Waals surface area contributed by atoms with Crippen LogP contribution in [-0.2, 0) is 6.54 Å². The minimum absolute atomic E-state index is 0.180. The highest BCUT2D eigenvalue weighted by molar-refractivity contribution is 5.97. The third-order valence-electron chi connectivity index (χ3n) is 4.78. The Labute approximate surface area is 153 Å². The highest BCUT2D eigenvalue weighted by Gasteiger charge is 2.23. The summed E-state index contributed by atoms with van der Waals surface area (Å²) in [6.07, 6.45) is 2.68. The van der Waals surface area contributed by atoms with E-state index >= 15 is 0 Å². The molecule has 2 heterocycles. The standard InChI is InChI=1S/C20H24FN3O2/c1-15-16(5-3-8-22-15)14-23-9-4-10-24(12-11-23)20(25)18-13-17(21)6-7-19(18)26-2/h3,5-8,13H,4,9-12,14H2,1-2H3. The number of halogens is 1. The van der Waals surface area contributed by atoms with Gasteiger partial charge in [-0.25, -0.2) is 4.39 Å². The van der Waals surface area contributed by atoms with Gasteiger partial charge in [-0.05, 0) is 43.2 Å². The van der Waals surface area contributed by atoms with Crippen LogP contribution in [0.4, 0.5) is 4.39 Å². The van der Waals surface area contributed by atoms with E-state index in [1.807, 2.05) is 13.0 Å². The van der Waals surface area contributed by atoms with E-state index in [1.54, 1.807) is 11.1 Å². The summed E-state index contributed by atoms with van der Waals surface area (Å²) in [6.45, 7) is 5.79. The molecular formula is C20H24FN3O2. The minimum atomic E-state index is -0.433. The van der Waals surface area contributed by atoms with Gasteiger partial charge in [-0.2, -0.15) is 0 Å². The molecule has 1 amide bonds. The molecule has 1 aliphatic rings. The van der Waals surface area contributed by atoms with Crippen LogP contribution >= 0.6 is 0 Å². The van der Waals surface area contributed by atoms with Gasteiger partial charge in [0.1, 0.15) is 11.6 Å². The predicted molar refractivity (Wildman–Crippen MR) is 97.7 cm³/mol. The maximum absolute atomic E-state index is 13.6. The van der Waals surface area contributed by atoms with Crippen LogP contribution in [0.2, 0.25) is 0 Å². The maximum atomic E-state index is 13.6. The topological polar surface area (TPSA) is 45.7 Å². The minimum Gasteiger partial charge on any atom is -0.496 e. The summed E-state index contributed by atoms with van der Waals surface area (Å²) in [7, 11) is 1.49. The molecule has 26 heavy (non-hydrogen) atoms. The fourth-order valence-electron chi connectivity index (χ4n) is 3.28. The van der Waals surface area contributed by atoms with Crippen molar-refractivity contribution in [3.05, 3.63) is 59.2 Å². The zero-order valence-corrected chi connectivity index (χ0v) is 15.2. The van der Waals surface area contributed by atoms with Gasteiger partial charge >= 0.3 is 0 Å². The Morgan fingerprint density at radius 3 is 2.85 bits per heavy atom. The monoisotopic (exact) mass is 357 g/mol. The number of aryl methyl sites for hydroxylation is 1. The second-order valence-corrected chi connectivity index (χ2v) is 6.51. The molecule has 1 fully saturated rings. The van der Waals surface area contributed by atoms with Crippen molar-refractivity contribution >= 4 is 5.91 Å². The van der Waals surface area contributed by atoms with E-state index in [9.17, 15) is 9.18 Å². The number of amides is 1. The fourth-order valence-corrected chi connectivity index (χ4v) is 3.28. The number of rotatable bonds is 4. The number of hydrogen-bond acceptors (Lipinski definition) is 4. The van der Waals surface area contributed by atoms with Crippen molar-refractivity contribution in [1.29, 1.82) is 0 Å². The van der Waals surface area contributed by atoms with Crippen LogP contribution in [0.25, 0.3) is 0 Å². The molecule has 6 heteroatoms. The summed E-state index contributed by atoms with van der Waals surface area (Å²) < 4.78 is 18.8. The van der Waals surface area contributed by atoms with Crippen LogP contribution in [0, 0.1) is 12.7 Å². The van der Waals surface area contributed by atoms with Gasteiger partial charge in [-0.15, -0.1) is 0 Å². The second kappa shape index (κ2) is 8.27. The molecule has 0 atom stereocenters. The summed E-state index contributed by atoms with van der Waals surface area (Å²) in [5, 5.41) is 0. The molecular weight excluding hydrogens is 333 g/mol. The molecule has 2 aromatic rings. The summed E-state index contributed by atoms with van der Waals surface area (Å²) in [5.74, 6) is -0.207. The Morgan fingerprint density at radius 1 is 1.23 bits per heavy atom. The first-order valence-corrected chi connectivity index (χ1v) is 8.84. The van der Waals surface area contributed by atoms with Gasteiger partial charge in [0.05, 0.1) is 12.7 Å². The van der Waals surface area contributed by atoms with Gasteiger partial charge in [-0.3, -0.25) is 14.7 Å². The molecule has 1 aromatic carbocycles. The molecule has 138 valence electrons. The molecule has 0 unspecified atom stereocenters. The molecule has 5 nitrogen and oxygen atoms in total. The quantitative estimate of drug-likeness (QED) is 0.844. The first kappa shape index (κ1) is 18.3. The van der Waals surface area contributed by atoms with Crippen LogP contribution in [0.15, 0.2) is 36.5 Å². The van der Waals surface area contributed by atoms with Gasteiger partial charge in [0.2, 0.25) is 0 Å². The smallest absolute Gasteiger partial charge is 0.257 e. The Morgan fingerprint density at radius 2 is 2.08 bits per heavy atom. The molecule has 1 aliphatic heterocycles. The lowest BCUT2D eigenvalue weighted by Gasteiger charge is -2.23. The maximum Gasteiger partial charge on any atom is 0.257 e. The van der Waals surface area contributed by atoms with E-state index in [-0.39, 0.29) is 11.5 Å². The van der Waals surface area contributed by atoms with Crippen LogP contribution in [-0.4, -0.2) is 54.0 Å². The molecule has 0 N–H and O–H groups in total. The van der Waals surface area contributed by atoms with Gasteiger partial charge in [0.15, 0.2) is 0 Å². The summed E-state index contributed by atoms with van der Waals surface area (Å²) in [4.78, 5) is 21.3. The molecule has 0 radical (unpaired) electrons. The zero-order chi connectivity index (χ0) is 18.5. The normalized spacial score (nSPS) is 15.6. The Kier molecular flexibility index (Phi) is 5.83. The number of carbonyl (C=O) groups excluding carboxylic acids is 1. The average molecular weight is 357 g/mol. The van der Waals surface area contributed by atoms with Crippen LogP contribution in [0.3, 0.4) is 0 Å². The third kappa shape index (κ3) is 4.19. The van der Waals surface area contributed by atoms with Crippen molar-refractivity contribution in [1.82, 2.24) is 14.8 Å². The molecule has 0 saturated carbocycles. The van der Waals surface area contributed by atoms with Crippen LogP contribution in [0.5, 0.6) is 5.75 Å². The number of ether oxygens (including phenoxy) is 1. The van der Waals surface area contributed by atoms with E-state index in [4.69, 9.17) is 4.74 Å². The number of benzene rings is 1. The largest absolute Gasteiger partial charge is 0.496 e. The SMILES string of the molecule is COc1ccc(F)cc1C(=O)N1CCCN(Cc2cccnc2C)CC1.